The van der Waals surface area contributed by atoms with Gasteiger partial charge in [-0.05, 0) is 42.2 Å². The van der Waals surface area contributed by atoms with Crippen molar-refractivity contribution in [2.45, 2.75) is 45.0 Å². The van der Waals surface area contributed by atoms with Crippen molar-refractivity contribution in [2.24, 2.45) is 5.92 Å². The zero-order chi connectivity index (χ0) is 14.1. The molecule has 0 radical (unpaired) electrons. The molecule has 0 saturated carbocycles. The second kappa shape index (κ2) is 5.84. The van der Waals surface area contributed by atoms with Crippen LogP contribution < -0.4 is 5.32 Å². The first-order chi connectivity index (χ1) is 9.70. The average Bonchev–Trinajstić information content (AvgIpc) is 3.15. The number of nitrogens with one attached hydrogen (secondary N) is 1. The molecule has 110 valence electrons. The quantitative estimate of drug-likeness (QED) is 0.927. The van der Waals surface area contributed by atoms with Crippen LogP contribution in [0, 0.1) is 5.92 Å². The Bertz CT molecular complexity index is 462. The van der Waals surface area contributed by atoms with E-state index in [9.17, 15) is 4.79 Å². The molecule has 1 amide bonds. The summed E-state index contributed by atoms with van der Waals surface area (Å²) in [4.78, 5) is 14.4. The third-order valence-corrected chi connectivity index (χ3v) is 5.11. The second-order valence-corrected chi connectivity index (χ2v) is 6.48. The molecule has 1 aromatic heterocycles. The molecule has 1 N–H and O–H groups in total. The summed E-state index contributed by atoms with van der Waals surface area (Å²) in [6, 6.07) is 2.01. The molecule has 4 atom stereocenters. The Kier molecular flexibility index (Phi) is 4.10. The molecular weight excluding hydrogens is 272 g/mol. The van der Waals surface area contributed by atoms with Crippen molar-refractivity contribution in [3.63, 3.8) is 0 Å². The largest absolute Gasteiger partial charge is 0.378 e. The fourth-order valence-electron chi connectivity index (χ4n) is 3.28. The molecule has 2 fully saturated rings. The van der Waals surface area contributed by atoms with Crippen LogP contribution >= 0.6 is 11.3 Å². The number of carbonyl (C=O) groups is 1. The SMILES string of the molecule is CCC1OCCC1CN1C(=O)C(C)NC1c1ccsc1. The molecule has 0 aromatic carbocycles. The van der Waals surface area contributed by atoms with Gasteiger partial charge in [-0.3, -0.25) is 10.1 Å². The van der Waals surface area contributed by atoms with Gasteiger partial charge in [0.05, 0.1) is 12.1 Å². The molecule has 0 bridgehead atoms. The summed E-state index contributed by atoms with van der Waals surface area (Å²) in [6.07, 6.45) is 2.43. The van der Waals surface area contributed by atoms with Crippen LogP contribution in [0.5, 0.6) is 0 Å². The number of hydrogen-bond donors (Lipinski definition) is 1. The van der Waals surface area contributed by atoms with Crippen molar-refractivity contribution < 1.29 is 9.53 Å². The maximum atomic E-state index is 12.4. The Labute approximate surface area is 124 Å². The molecule has 3 rings (SSSR count). The monoisotopic (exact) mass is 294 g/mol. The Morgan fingerprint density at radius 1 is 1.55 bits per heavy atom. The normalized spacial score (nSPS) is 34.1. The van der Waals surface area contributed by atoms with Crippen molar-refractivity contribution >= 4 is 17.2 Å². The van der Waals surface area contributed by atoms with Crippen LogP contribution in [0.25, 0.3) is 0 Å². The molecule has 2 aliphatic heterocycles. The topological polar surface area (TPSA) is 41.6 Å². The molecule has 2 aliphatic rings. The van der Waals surface area contributed by atoms with E-state index in [2.05, 4.69) is 29.1 Å². The number of thiophene rings is 1. The van der Waals surface area contributed by atoms with Gasteiger partial charge in [0.1, 0.15) is 6.17 Å². The number of carbonyl (C=O) groups excluding carboxylic acids is 1. The lowest BCUT2D eigenvalue weighted by atomic mass is 9.98. The van der Waals surface area contributed by atoms with Crippen LogP contribution in [0.15, 0.2) is 16.8 Å². The van der Waals surface area contributed by atoms with Gasteiger partial charge >= 0.3 is 0 Å². The van der Waals surface area contributed by atoms with Gasteiger partial charge in [-0.2, -0.15) is 11.3 Å². The van der Waals surface area contributed by atoms with Crippen LogP contribution in [-0.2, 0) is 9.53 Å². The molecule has 4 nitrogen and oxygen atoms in total. The number of rotatable bonds is 4. The van der Waals surface area contributed by atoms with Gasteiger partial charge in [-0.25, -0.2) is 0 Å². The minimum absolute atomic E-state index is 0.0295. The standard InChI is InChI=1S/C15H22N2O2S/c1-3-13-11(4-6-19-13)8-17-14(12-5-7-20-9-12)16-10(2)15(17)18/h5,7,9-11,13-14,16H,3-4,6,8H2,1-2H3. The fraction of sp³-hybridized carbons (Fsp3) is 0.667. The van der Waals surface area contributed by atoms with E-state index in [1.165, 1.54) is 5.56 Å². The lowest BCUT2D eigenvalue weighted by Crippen LogP contribution is -2.37. The van der Waals surface area contributed by atoms with Crippen LogP contribution in [0.3, 0.4) is 0 Å². The summed E-state index contributed by atoms with van der Waals surface area (Å²) >= 11 is 1.68. The molecule has 1 aromatic rings. The minimum atomic E-state index is -0.0951. The average molecular weight is 294 g/mol. The minimum Gasteiger partial charge on any atom is -0.378 e. The molecule has 4 unspecified atom stereocenters. The van der Waals surface area contributed by atoms with E-state index in [1.807, 2.05) is 11.8 Å². The molecule has 2 saturated heterocycles. The Balaban J connectivity index is 1.76. The van der Waals surface area contributed by atoms with Gasteiger partial charge in [0, 0.05) is 19.1 Å². The van der Waals surface area contributed by atoms with Gasteiger partial charge in [-0.15, -0.1) is 0 Å². The molecule has 0 spiro atoms. The summed E-state index contributed by atoms with van der Waals surface area (Å²) < 4.78 is 5.76. The highest BCUT2D eigenvalue weighted by molar-refractivity contribution is 7.07. The van der Waals surface area contributed by atoms with Crippen LogP contribution in [0.4, 0.5) is 0 Å². The lowest BCUT2D eigenvalue weighted by molar-refractivity contribution is -0.130. The first-order valence-electron chi connectivity index (χ1n) is 7.41. The number of ether oxygens (including phenoxy) is 1. The smallest absolute Gasteiger partial charge is 0.241 e. The van der Waals surface area contributed by atoms with Crippen molar-refractivity contribution in [1.29, 1.82) is 0 Å². The number of nitrogens with zero attached hydrogens (tertiary/aromatic N) is 1. The molecule has 5 heteroatoms. The van der Waals surface area contributed by atoms with Gasteiger partial charge in [-0.1, -0.05) is 6.92 Å². The predicted molar refractivity (Wildman–Crippen MR) is 79.5 cm³/mol. The zero-order valence-electron chi connectivity index (χ0n) is 12.0. The van der Waals surface area contributed by atoms with E-state index in [0.717, 1.165) is 26.0 Å². The van der Waals surface area contributed by atoms with Crippen LogP contribution in [-0.4, -0.2) is 36.1 Å². The Morgan fingerprint density at radius 2 is 2.40 bits per heavy atom. The predicted octanol–water partition coefficient (Wildman–Crippen LogP) is 2.38. The van der Waals surface area contributed by atoms with Gasteiger partial charge in [0.15, 0.2) is 0 Å². The van der Waals surface area contributed by atoms with E-state index >= 15 is 0 Å². The van der Waals surface area contributed by atoms with E-state index in [1.54, 1.807) is 11.3 Å². The first-order valence-corrected chi connectivity index (χ1v) is 8.35. The highest BCUT2D eigenvalue weighted by atomic mass is 32.1. The zero-order valence-corrected chi connectivity index (χ0v) is 12.9. The molecular formula is C15H22N2O2S. The van der Waals surface area contributed by atoms with Gasteiger partial charge in [0.25, 0.3) is 0 Å². The summed E-state index contributed by atoms with van der Waals surface area (Å²) in [5.74, 6) is 0.681. The maximum absolute atomic E-state index is 12.4. The molecule has 20 heavy (non-hydrogen) atoms. The van der Waals surface area contributed by atoms with Gasteiger partial charge in [0.2, 0.25) is 5.91 Å². The highest BCUT2D eigenvalue weighted by Crippen LogP contribution is 2.31. The van der Waals surface area contributed by atoms with Crippen LogP contribution in [0.1, 0.15) is 38.4 Å². The summed E-state index contributed by atoms with van der Waals surface area (Å²) in [5, 5.41) is 7.59. The summed E-state index contributed by atoms with van der Waals surface area (Å²) in [5.41, 5.74) is 1.19. The van der Waals surface area contributed by atoms with Crippen molar-refractivity contribution in [2.75, 3.05) is 13.2 Å². The van der Waals surface area contributed by atoms with Crippen molar-refractivity contribution in [3.8, 4) is 0 Å². The first kappa shape index (κ1) is 14.0. The molecule has 0 aliphatic carbocycles. The van der Waals surface area contributed by atoms with E-state index in [4.69, 9.17) is 4.74 Å². The van der Waals surface area contributed by atoms with E-state index < -0.39 is 0 Å². The second-order valence-electron chi connectivity index (χ2n) is 5.70. The lowest BCUT2D eigenvalue weighted by Gasteiger charge is -2.28. The fourth-order valence-corrected chi connectivity index (χ4v) is 3.96. The summed E-state index contributed by atoms with van der Waals surface area (Å²) in [7, 11) is 0. The third kappa shape index (κ3) is 2.50. The summed E-state index contributed by atoms with van der Waals surface area (Å²) in [6.45, 7) is 5.74. The highest BCUT2D eigenvalue weighted by Gasteiger charge is 2.40. The maximum Gasteiger partial charge on any atom is 0.241 e. The van der Waals surface area contributed by atoms with E-state index in [0.29, 0.717) is 12.0 Å². The Morgan fingerprint density at radius 3 is 3.10 bits per heavy atom. The van der Waals surface area contributed by atoms with Gasteiger partial charge < -0.3 is 9.64 Å². The third-order valence-electron chi connectivity index (χ3n) is 4.41. The number of amides is 1. The van der Waals surface area contributed by atoms with Crippen molar-refractivity contribution in [1.82, 2.24) is 10.2 Å². The van der Waals surface area contributed by atoms with Crippen molar-refractivity contribution in [3.05, 3.63) is 22.4 Å². The van der Waals surface area contributed by atoms with Crippen LogP contribution in [0.2, 0.25) is 0 Å². The molecule has 3 heterocycles. The van der Waals surface area contributed by atoms with E-state index in [-0.39, 0.29) is 18.1 Å². The number of hydrogen-bond acceptors (Lipinski definition) is 4. The Hall–Kier alpha value is -0.910.